The maximum Gasteiger partial charge on any atom is 0.266 e. The predicted octanol–water partition coefficient (Wildman–Crippen LogP) is 2.18. The van der Waals surface area contributed by atoms with Crippen LogP contribution in [0, 0.1) is 3.57 Å². The van der Waals surface area contributed by atoms with Crippen LogP contribution in [0.2, 0.25) is 0 Å². The summed E-state index contributed by atoms with van der Waals surface area (Å²) in [6.45, 7) is 0. The van der Waals surface area contributed by atoms with Crippen molar-refractivity contribution in [3.63, 3.8) is 0 Å². The van der Waals surface area contributed by atoms with E-state index in [1.54, 1.807) is 0 Å². The number of anilines is 3. The van der Waals surface area contributed by atoms with Crippen molar-refractivity contribution < 1.29 is 0 Å². The number of benzene rings is 1. The van der Waals surface area contributed by atoms with Crippen LogP contribution >= 0.6 is 22.6 Å². The Labute approximate surface area is 118 Å². The Morgan fingerprint density at radius 3 is 2.56 bits per heavy atom. The van der Waals surface area contributed by atoms with Gasteiger partial charge in [-0.3, -0.25) is 4.79 Å². The number of hydrogen-bond donors (Lipinski definition) is 2. The van der Waals surface area contributed by atoms with Crippen LogP contribution in [0.15, 0.2) is 35.4 Å². The van der Waals surface area contributed by atoms with Gasteiger partial charge in [0.05, 0.1) is 6.33 Å². The Morgan fingerprint density at radius 1 is 1.28 bits per heavy atom. The van der Waals surface area contributed by atoms with Gasteiger partial charge in [-0.1, -0.05) is 0 Å². The molecule has 2 aromatic rings. The van der Waals surface area contributed by atoms with Crippen LogP contribution in [0.3, 0.4) is 0 Å². The zero-order valence-electron chi connectivity index (χ0n) is 10.1. The van der Waals surface area contributed by atoms with Crippen molar-refractivity contribution in [2.75, 3.05) is 24.3 Å². The van der Waals surface area contributed by atoms with Gasteiger partial charge < -0.3 is 15.2 Å². The van der Waals surface area contributed by atoms with E-state index in [1.807, 2.05) is 65.9 Å². The van der Waals surface area contributed by atoms with Gasteiger partial charge in [-0.15, -0.1) is 0 Å². The number of nitrogens with one attached hydrogen (secondary N) is 2. The van der Waals surface area contributed by atoms with Gasteiger partial charge in [-0.25, -0.2) is 4.98 Å². The molecule has 0 unspecified atom stereocenters. The molecule has 0 spiro atoms. The van der Waals surface area contributed by atoms with Gasteiger partial charge in [0.15, 0.2) is 5.82 Å². The van der Waals surface area contributed by atoms with E-state index in [2.05, 4.69) is 15.3 Å². The summed E-state index contributed by atoms with van der Waals surface area (Å²) in [5.41, 5.74) is 1.88. The smallest absolute Gasteiger partial charge is 0.266 e. The van der Waals surface area contributed by atoms with Gasteiger partial charge in [0.25, 0.3) is 5.56 Å². The third-order valence-corrected chi connectivity index (χ3v) is 3.44. The minimum absolute atomic E-state index is 0.141. The van der Waals surface area contributed by atoms with E-state index in [9.17, 15) is 4.79 Å². The first kappa shape index (κ1) is 12.9. The van der Waals surface area contributed by atoms with E-state index < -0.39 is 0 Å². The molecule has 0 bridgehead atoms. The highest BCUT2D eigenvalue weighted by Crippen LogP contribution is 2.20. The maximum atomic E-state index is 11.4. The standard InChI is InChI=1S/C12H13IN4O/c1-17(2)9-5-3-8(4-6-9)16-11-10(13)12(18)15-7-14-11/h3-7H,1-2H3,(H2,14,15,16,18). The Kier molecular flexibility index (Phi) is 3.85. The van der Waals surface area contributed by atoms with E-state index in [1.165, 1.54) is 6.33 Å². The van der Waals surface area contributed by atoms with Crippen molar-refractivity contribution in [3.05, 3.63) is 44.5 Å². The molecular weight excluding hydrogens is 343 g/mol. The normalized spacial score (nSPS) is 10.2. The Bertz CT molecular complexity index is 592. The lowest BCUT2D eigenvalue weighted by molar-refractivity contribution is 1.10. The van der Waals surface area contributed by atoms with E-state index >= 15 is 0 Å². The Hall–Kier alpha value is -1.57. The van der Waals surface area contributed by atoms with Crippen LogP contribution in [0.5, 0.6) is 0 Å². The monoisotopic (exact) mass is 356 g/mol. The van der Waals surface area contributed by atoms with Gasteiger partial charge in [0, 0.05) is 25.5 Å². The average molecular weight is 356 g/mol. The number of hydrogen-bond acceptors (Lipinski definition) is 4. The molecule has 0 atom stereocenters. The number of aromatic amines is 1. The second-order valence-electron chi connectivity index (χ2n) is 3.96. The molecule has 5 nitrogen and oxygen atoms in total. The fourth-order valence-electron chi connectivity index (χ4n) is 1.45. The molecule has 0 amide bonds. The maximum absolute atomic E-state index is 11.4. The molecule has 2 rings (SSSR count). The fourth-order valence-corrected chi connectivity index (χ4v) is 1.88. The molecule has 0 radical (unpaired) electrons. The second-order valence-corrected chi connectivity index (χ2v) is 5.04. The van der Waals surface area contributed by atoms with Crippen molar-refractivity contribution in [2.45, 2.75) is 0 Å². The molecule has 1 heterocycles. The highest BCUT2D eigenvalue weighted by atomic mass is 127. The molecule has 18 heavy (non-hydrogen) atoms. The first-order valence-corrected chi connectivity index (χ1v) is 6.43. The molecule has 0 fully saturated rings. The van der Waals surface area contributed by atoms with Crippen molar-refractivity contribution in [1.82, 2.24) is 9.97 Å². The van der Waals surface area contributed by atoms with Crippen LogP contribution in [0.1, 0.15) is 0 Å². The third kappa shape index (κ3) is 2.81. The first-order valence-electron chi connectivity index (χ1n) is 5.35. The van der Waals surface area contributed by atoms with Crippen LogP contribution in [-0.2, 0) is 0 Å². The summed E-state index contributed by atoms with van der Waals surface area (Å²) in [5.74, 6) is 0.567. The van der Waals surface area contributed by atoms with E-state index in [0.29, 0.717) is 9.39 Å². The quantitative estimate of drug-likeness (QED) is 0.828. The van der Waals surface area contributed by atoms with E-state index in [-0.39, 0.29) is 5.56 Å². The molecule has 0 saturated heterocycles. The van der Waals surface area contributed by atoms with Crippen LogP contribution in [-0.4, -0.2) is 24.1 Å². The minimum Gasteiger partial charge on any atom is -0.378 e. The topological polar surface area (TPSA) is 61.0 Å². The van der Waals surface area contributed by atoms with Crippen molar-refractivity contribution >= 4 is 39.8 Å². The van der Waals surface area contributed by atoms with E-state index in [4.69, 9.17) is 0 Å². The van der Waals surface area contributed by atoms with Crippen LogP contribution in [0.4, 0.5) is 17.2 Å². The highest BCUT2D eigenvalue weighted by molar-refractivity contribution is 14.1. The van der Waals surface area contributed by atoms with Gasteiger partial charge in [0.1, 0.15) is 3.57 Å². The summed E-state index contributed by atoms with van der Waals surface area (Å²) in [7, 11) is 3.98. The zero-order valence-corrected chi connectivity index (χ0v) is 12.2. The molecule has 2 N–H and O–H groups in total. The summed E-state index contributed by atoms with van der Waals surface area (Å²) in [5, 5.41) is 3.12. The van der Waals surface area contributed by atoms with Crippen molar-refractivity contribution in [3.8, 4) is 0 Å². The molecule has 94 valence electrons. The van der Waals surface area contributed by atoms with Gasteiger partial charge in [-0.05, 0) is 46.9 Å². The highest BCUT2D eigenvalue weighted by Gasteiger charge is 2.05. The summed E-state index contributed by atoms with van der Waals surface area (Å²) in [6, 6.07) is 7.91. The largest absolute Gasteiger partial charge is 0.378 e. The SMILES string of the molecule is CN(C)c1ccc(Nc2nc[nH]c(=O)c2I)cc1. The van der Waals surface area contributed by atoms with Crippen LogP contribution < -0.4 is 15.8 Å². The second kappa shape index (κ2) is 5.38. The number of H-pyrrole nitrogens is 1. The molecule has 0 aliphatic carbocycles. The number of rotatable bonds is 3. The zero-order chi connectivity index (χ0) is 13.1. The van der Waals surface area contributed by atoms with Crippen LogP contribution in [0.25, 0.3) is 0 Å². The van der Waals surface area contributed by atoms with Crippen molar-refractivity contribution in [1.29, 1.82) is 0 Å². The number of halogens is 1. The molecule has 0 saturated carbocycles. The predicted molar refractivity (Wildman–Crippen MR) is 81.6 cm³/mol. The molecule has 0 aliphatic rings. The van der Waals surface area contributed by atoms with Crippen molar-refractivity contribution in [2.24, 2.45) is 0 Å². The molecular formula is C12H13IN4O. The summed E-state index contributed by atoms with van der Waals surface area (Å²) >= 11 is 1.97. The number of aromatic nitrogens is 2. The first-order chi connectivity index (χ1) is 8.58. The summed E-state index contributed by atoms with van der Waals surface area (Å²) < 4.78 is 0.548. The summed E-state index contributed by atoms with van der Waals surface area (Å²) in [4.78, 5) is 20.1. The van der Waals surface area contributed by atoms with Gasteiger partial charge in [-0.2, -0.15) is 0 Å². The van der Waals surface area contributed by atoms with Gasteiger partial charge >= 0.3 is 0 Å². The summed E-state index contributed by atoms with van der Waals surface area (Å²) in [6.07, 6.45) is 1.39. The lowest BCUT2D eigenvalue weighted by atomic mass is 10.2. The molecule has 1 aromatic heterocycles. The van der Waals surface area contributed by atoms with Gasteiger partial charge in [0.2, 0.25) is 0 Å². The minimum atomic E-state index is -0.141. The number of nitrogens with zero attached hydrogens (tertiary/aromatic N) is 2. The third-order valence-electron chi connectivity index (χ3n) is 2.44. The lowest BCUT2D eigenvalue weighted by Gasteiger charge is -2.13. The molecule has 0 aliphatic heterocycles. The average Bonchev–Trinajstić information content (AvgIpc) is 2.36. The van der Waals surface area contributed by atoms with E-state index in [0.717, 1.165) is 11.4 Å². The Morgan fingerprint density at radius 2 is 1.94 bits per heavy atom. The lowest BCUT2D eigenvalue weighted by Crippen LogP contribution is -2.13. The fraction of sp³-hybridized carbons (Fsp3) is 0.167. The molecule has 6 heteroatoms. The molecule has 1 aromatic carbocycles. The Balaban J connectivity index is 2.24.